The molecule has 5 N–H and O–H groups in total. The molecule has 1 heterocycles. The van der Waals surface area contributed by atoms with Gasteiger partial charge in [-0.05, 0) is 43.3 Å². The van der Waals surface area contributed by atoms with Crippen LogP contribution in [0.1, 0.15) is 29.1 Å². The van der Waals surface area contributed by atoms with E-state index >= 15 is 0 Å². The Morgan fingerprint density at radius 1 is 1.28 bits per heavy atom. The lowest BCUT2D eigenvalue weighted by Crippen LogP contribution is -2.15. The van der Waals surface area contributed by atoms with E-state index in [1.807, 2.05) is 0 Å². The van der Waals surface area contributed by atoms with Crippen LogP contribution in [0.4, 0.5) is 10.1 Å². The third kappa shape index (κ3) is 2.96. The number of carbonyl (C=O) groups is 1. The molecule has 130 valence electrons. The summed E-state index contributed by atoms with van der Waals surface area (Å²) in [5.74, 6) is -0.973. The predicted octanol–water partition coefficient (Wildman–Crippen LogP) is 2.84. The Bertz CT molecular complexity index is 981. The van der Waals surface area contributed by atoms with E-state index in [1.54, 1.807) is 30.7 Å². The van der Waals surface area contributed by atoms with Crippen LogP contribution in [-0.2, 0) is 7.05 Å². The summed E-state index contributed by atoms with van der Waals surface area (Å²) in [6, 6.07) is 8.74. The molecule has 0 bridgehead atoms. The van der Waals surface area contributed by atoms with Crippen molar-refractivity contribution in [2.45, 2.75) is 13.0 Å². The first-order valence-electron chi connectivity index (χ1n) is 7.61. The highest BCUT2D eigenvalue weighted by Crippen LogP contribution is 2.32. The first-order chi connectivity index (χ1) is 11.8. The summed E-state index contributed by atoms with van der Waals surface area (Å²) >= 11 is 0. The van der Waals surface area contributed by atoms with E-state index in [9.17, 15) is 14.3 Å². The molecule has 7 heteroatoms. The van der Waals surface area contributed by atoms with Crippen LogP contribution in [0.5, 0.6) is 11.5 Å². The molecular weight excluding hydrogens is 325 g/mol. The predicted molar refractivity (Wildman–Crippen MR) is 93.0 cm³/mol. The van der Waals surface area contributed by atoms with Gasteiger partial charge in [-0.3, -0.25) is 4.79 Å². The highest BCUT2D eigenvalue weighted by atomic mass is 19.1. The van der Waals surface area contributed by atoms with Crippen molar-refractivity contribution < 1.29 is 19.0 Å². The van der Waals surface area contributed by atoms with Crippen LogP contribution >= 0.6 is 0 Å². The Labute approximate surface area is 143 Å². The van der Waals surface area contributed by atoms with E-state index in [0.29, 0.717) is 22.3 Å². The third-order valence-corrected chi connectivity index (χ3v) is 4.12. The monoisotopic (exact) mass is 343 g/mol. The number of anilines is 1. The average molecular weight is 343 g/mol. The van der Waals surface area contributed by atoms with E-state index in [0.717, 1.165) is 0 Å². The highest BCUT2D eigenvalue weighted by molar-refractivity contribution is 5.96. The van der Waals surface area contributed by atoms with Crippen molar-refractivity contribution in [2.24, 2.45) is 12.8 Å². The number of rotatable bonds is 4. The summed E-state index contributed by atoms with van der Waals surface area (Å²) in [4.78, 5) is 11.5. The van der Waals surface area contributed by atoms with Crippen LogP contribution in [-0.4, -0.2) is 15.6 Å². The molecule has 0 unspecified atom stereocenters. The Morgan fingerprint density at radius 3 is 2.68 bits per heavy atom. The molecule has 0 saturated heterocycles. The fourth-order valence-corrected chi connectivity index (χ4v) is 2.88. The summed E-state index contributed by atoms with van der Waals surface area (Å²) in [5.41, 5.74) is 12.8. The number of halogens is 1. The van der Waals surface area contributed by atoms with Gasteiger partial charge in [-0.25, -0.2) is 4.39 Å². The number of ether oxygens (including phenoxy) is 1. The summed E-state index contributed by atoms with van der Waals surface area (Å²) in [6.45, 7) is 1.77. The van der Waals surface area contributed by atoms with E-state index in [2.05, 4.69) is 0 Å². The quantitative estimate of drug-likeness (QED) is 0.634. The van der Waals surface area contributed by atoms with E-state index in [1.165, 1.54) is 24.3 Å². The van der Waals surface area contributed by atoms with Crippen LogP contribution in [0.3, 0.4) is 0 Å². The molecule has 1 atom stereocenters. The standard InChI is InChI=1S/C18H18FN3O3/c1-9(25-17-4-3-11(23)7-13(17)18(21)24)15-8-12-14(19)5-10(20)6-16(12)22(15)2/h3-9,23H,20H2,1-2H3,(H2,21,24)/t9-/m0/s1. The largest absolute Gasteiger partial charge is 0.508 e. The number of hydrogen-bond acceptors (Lipinski definition) is 4. The van der Waals surface area contributed by atoms with Gasteiger partial charge in [-0.2, -0.15) is 0 Å². The summed E-state index contributed by atoms with van der Waals surface area (Å²) in [6.07, 6.45) is -0.499. The minimum atomic E-state index is -0.714. The van der Waals surface area contributed by atoms with Gasteiger partial charge in [0.25, 0.3) is 5.91 Å². The number of benzene rings is 2. The molecule has 0 fully saturated rings. The number of aryl methyl sites for hydroxylation is 1. The minimum Gasteiger partial charge on any atom is -0.508 e. The summed E-state index contributed by atoms with van der Waals surface area (Å²) in [7, 11) is 1.78. The molecular formula is C18H18FN3O3. The van der Waals surface area contributed by atoms with Gasteiger partial charge in [0.15, 0.2) is 0 Å². The van der Waals surface area contributed by atoms with Crippen molar-refractivity contribution in [3.63, 3.8) is 0 Å². The van der Waals surface area contributed by atoms with E-state index in [-0.39, 0.29) is 17.1 Å². The van der Waals surface area contributed by atoms with Gasteiger partial charge in [-0.15, -0.1) is 0 Å². The maximum Gasteiger partial charge on any atom is 0.252 e. The number of phenolic OH excluding ortho intramolecular Hbond substituents is 1. The highest BCUT2D eigenvalue weighted by Gasteiger charge is 2.19. The number of primary amides is 1. The first kappa shape index (κ1) is 16.6. The molecule has 0 saturated carbocycles. The van der Waals surface area contributed by atoms with E-state index < -0.39 is 17.8 Å². The van der Waals surface area contributed by atoms with Crippen molar-refractivity contribution in [1.29, 1.82) is 0 Å². The SMILES string of the molecule is C[C@H](Oc1ccc(O)cc1C(N)=O)c1cc2c(F)cc(N)cc2n1C. The zero-order chi connectivity index (χ0) is 18.3. The summed E-state index contributed by atoms with van der Waals surface area (Å²) < 4.78 is 21.7. The van der Waals surface area contributed by atoms with Gasteiger partial charge in [0.1, 0.15) is 23.4 Å². The normalized spacial score (nSPS) is 12.3. The lowest BCUT2D eigenvalue weighted by molar-refractivity contribution is 0.0993. The summed E-state index contributed by atoms with van der Waals surface area (Å²) in [5, 5.41) is 9.95. The molecule has 3 rings (SSSR count). The van der Waals surface area contributed by atoms with Crippen LogP contribution in [0.15, 0.2) is 36.4 Å². The minimum absolute atomic E-state index is 0.0704. The molecule has 0 aliphatic heterocycles. The molecule has 2 aromatic carbocycles. The van der Waals surface area contributed by atoms with Crippen LogP contribution < -0.4 is 16.2 Å². The van der Waals surface area contributed by atoms with Crippen LogP contribution in [0.25, 0.3) is 10.9 Å². The smallest absolute Gasteiger partial charge is 0.252 e. The molecule has 0 spiro atoms. The lowest BCUT2D eigenvalue weighted by atomic mass is 10.1. The Kier molecular flexibility index (Phi) is 4.00. The number of carbonyl (C=O) groups excluding carboxylic acids is 1. The van der Waals surface area contributed by atoms with Crippen LogP contribution in [0, 0.1) is 5.82 Å². The molecule has 1 aromatic heterocycles. The fraction of sp³-hybridized carbons (Fsp3) is 0.167. The van der Waals surface area contributed by atoms with Gasteiger partial charge < -0.3 is 25.9 Å². The zero-order valence-corrected chi connectivity index (χ0v) is 13.8. The number of nitrogens with two attached hydrogens (primary N) is 2. The molecule has 25 heavy (non-hydrogen) atoms. The number of aromatic nitrogens is 1. The van der Waals surface area contributed by atoms with Crippen molar-refractivity contribution in [3.05, 3.63) is 53.5 Å². The zero-order valence-electron chi connectivity index (χ0n) is 13.8. The van der Waals surface area contributed by atoms with Gasteiger partial charge in [0.05, 0.1) is 16.8 Å². The molecule has 6 nitrogen and oxygen atoms in total. The van der Waals surface area contributed by atoms with Crippen molar-refractivity contribution in [2.75, 3.05) is 5.73 Å². The second kappa shape index (κ2) is 6.01. The lowest BCUT2D eigenvalue weighted by Gasteiger charge is -2.17. The van der Waals surface area contributed by atoms with Crippen molar-refractivity contribution in [1.82, 2.24) is 4.57 Å². The second-order valence-corrected chi connectivity index (χ2v) is 5.87. The number of phenols is 1. The van der Waals surface area contributed by atoms with Gasteiger partial charge in [0, 0.05) is 18.1 Å². The first-order valence-corrected chi connectivity index (χ1v) is 7.61. The Balaban J connectivity index is 2.01. The fourth-order valence-electron chi connectivity index (χ4n) is 2.88. The second-order valence-electron chi connectivity index (χ2n) is 5.87. The third-order valence-electron chi connectivity index (χ3n) is 4.12. The number of hydrogen-bond donors (Lipinski definition) is 3. The van der Waals surface area contributed by atoms with Gasteiger partial charge >= 0.3 is 0 Å². The number of aromatic hydroxyl groups is 1. The average Bonchev–Trinajstić information content (AvgIpc) is 2.86. The molecule has 0 aliphatic rings. The maximum absolute atomic E-state index is 14.1. The van der Waals surface area contributed by atoms with Gasteiger partial charge in [-0.1, -0.05) is 0 Å². The Morgan fingerprint density at radius 2 is 2.00 bits per heavy atom. The molecule has 0 radical (unpaired) electrons. The number of nitrogen functional groups attached to an aromatic ring is 1. The molecule has 0 aliphatic carbocycles. The van der Waals surface area contributed by atoms with Gasteiger partial charge in [0.2, 0.25) is 0 Å². The number of fused-ring (bicyclic) bond motifs is 1. The molecule has 1 amide bonds. The maximum atomic E-state index is 14.1. The van der Waals surface area contributed by atoms with Crippen LogP contribution in [0.2, 0.25) is 0 Å². The van der Waals surface area contributed by atoms with E-state index in [4.69, 9.17) is 16.2 Å². The molecule has 3 aromatic rings. The number of nitrogens with zero attached hydrogens (tertiary/aromatic N) is 1. The topological polar surface area (TPSA) is 104 Å². The Hall–Kier alpha value is -3.22. The number of amides is 1. The van der Waals surface area contributed by atoms with Crippen molar-refractivity contribution >= 4 is 22.5 Å². The van der Waals surface area contributed by atoms with Crippen molar-refractivity contribution in [3.8, 4) is 11.5 Å².